The van der Waals surface area contributed by atoms with E-state index in [1.165, 1.54) is 24.1 Å². The summed E-state index contributed by atoms with van der Waals surface area (Å²) in [5, 5.41) is 10.3. The topological polar surface area (TPSA) is 55.8 Å². The van der Waals surface area contributed by atoms with Crippen molar-refractivity contribution in [2.24, 2.45) is 5.92 Å². The molecule has 0 spiro atoms. The number of rotatable bonds is 5. The predicted molar refractivity (Wildman–Crippen MR) is 126 cm³/mol. The monoisotopic (exact) mass is 424 g/mol. The van der Waals surface area contributed by atoms with Gasteiger partial charge in [0.05, 0.1) is 17.4 Å². The Bertz CT molecular complexity index is 1300. The molecule has 1 saturated heterocycles. The lowest BCUT2D eigenvalue weighted by molar-refractivity contribution is 0.0682. The molecule has 0 bridgehead atoms. The van der Waals surface area contributed by atoms with E-state index in [2.05, 4.69) is 69.8 Å². The highest BCUT2D eigenvalue weighted by molar-refractivity contribution is 6.02. The molecule has 1 aliphatic heterocycles. The van der Waals surface area contributed by atoms with E-state index in [9.17, 15) is 5.41 Å². The molecule has 5 heteroatoms. The molecule has 1 N–H and O–H groups in total. The normalized spacial score (nSPS) is 17.1. The zero-order valence-corrected chi connectivity index (χ0v) is 18.2. The molecule has 0 radical (unpaired) electrons. The maximum Gasteiger partial charge on any atom is 0.146 e. The van der Waals surface area contributed by atoms with Crippen molar-refractivity contribution in [2.75, 3.05) is 13.2 Å². The van der Waals surface area contributed by atoms with Crippen molar-refractivity contribution in [3.8, 4) is 22.4 Å². The van der Waals surface area contributed by atoms with Crippen LogP contribution in [0.25, 0.3) is 33.4 Å². The molecular weight excluding hydrogens is 396 g/mol. The van der Waals surface area contributed by atoms with Crippen LogP contribution in [0.15, 0.2) is 67.0 Å². The van der Waals surface area contributed by atoms with Gasteiger partial charge < -0.3 is 13.9 Å². The number of aromatic nitrogens is 3. The Labute approximate surface area is 187 Å². The van der Waals surface area contributed by atoms with Crippen molar-refractivity contribution in [1.82, 2.24) is 14.1 Å². The molecule has 0 amide bonds. The molecule has 6 rings (SSSR count). The standard InChI is InChI=1S/C27H28N4O/c28-26-24-23(20-7-3-1-4-8-20)25(21-9-5-2-6-10-21)30(17-19-11-12-19)27(24)29-18-31(26)22-13-15-32-16-14-22/h1-10,18-19,22,28H,11-17H2. The molecule has 2 aliphatic rings. The molecule has 162 valence electrons. The first kappa shape index (κ1) is 19.5. The minimum Gasteiger partial charge on any atom is -0.381 e. The van der Waals surface area contributed by atoms with Gasteiger partial charge in [0, 0.05) is 31.4 Å². The fraction of sp³-hybridized carbons (Fsp3) is 0.333. The van der Waals surface area contributed by atoms with E-state index < -0.39 is 0 Å². The predicted octanol–water partition coefficient (Wildman–Crippen LogP) is 5.41. The molecule has 2 aromatic carbocycles. The van der Waals surface area contributed by atoms with Crippen molar-refractivity contribution in [3.05, 3.63) is 72.5 Å². The van der Waals surface area contributed by atoms with Crippen LogP contribution in [0, 0.1) is 11.3 Å². The van der Waals surface area contributed by atoms with E-state index in [0.29, 0.717) is 11.4 Å². The third-order valence-corrected chi connectivity index (χ3v) is 6.87. The quantitative estimate of drug-likeness (QED) is 0.465. The summed E-state index contributed by atoms with van der Waals surface area (Å²) in [6.45, 7) is 2.46. The molecule has 2 aromatic heterocycles. The molecule has 1 aliphatic carbocycles. The average molecular weight is 425 g/mol. The van der Waals surface area contributed by atoms with Gasteiger partial charge in [-0.15, -0.1) is 0 Å². The van der Waals surface area contributed by atoms with Gasteiger partial charge in [0.1, 0.15) is 11.1 Å². The Hall–Kier alpha value is -3.18. The highest BCUT2D eigenvalue weighted by Crippen LogP contribution is 2.41. The van der Waals surface area contributed by atoms with Gasteiger partial charge >= 0.3 is 0 Å². The lowest BCUT2D eigenvalue weighted by Crippen LogP contribution is -2.29. The minimum absolute atomic E-state index is 0.267. The molecule has 0 unspecified atom stereocenters. The minimum atomic E-state index is 0.267. The summed E-state index contributed by atoms with van der Waals surface area (Å²) in [4.78, 5) is 5.00. The van der Waals surface area contributed by atoms with Crippen LogP contribution in [0.4, 0.5) is 0 Å². The molecule has 5 nitrogen and oxygen atoms in total. The molecular formula is C27H28N4O. The largest absolute Gasteiger partial charge is 0.381 e. The first-order valence-electron chi connectivity index (χ1n) is 11.7. The number of nitrogens with zero attached hydrogens (tertiary/aromatic N) is 3. The third kappa shape index (κ3) is 3.37. The summed E-state index contributed by atoms with van der Waals surface area (Å²) >= 11 is 0. The van der Waals surface area contributed by atoms with E-state index in [-0.39, 0.29) is 6.04 Å². The summed E-state index contributed by atoms with van der Waals surface area (Å²) < 4.78 is 10.0. The number of benzene rings is 2. The number of ether oxygens (including phenoxy) is 1. The molecule has 2 fully saturated rings. The molecule has 3 heterocycles. The molecule has 4 aromatic rings. The van der Waals surface area contributed by atoms with Crippen LogP contribution >= 0.6 is 0 Å². The van der Waals surface area contributed by atoms with Crippen LogP contribution in [0.2, 0.25) is 0 Å². The highest BCUT2D eigenvalue weighted by atomic mass is 16.5. The van der Waals surface area contributed by atoms with Crippen molar-refractivity contribution in [1.29, 1.82) is 5.41 Å². The zero-order valence-electron chi connectivity index (χ0n) is 18.2. The summed E-state index contributed by atoms with van der Waals surface area (Å²) in [5.74, 6) is 0.704. The van der Waals surface area contributed by atoms with Crippen LogP contribution in [0.5, 0.6) is 0 Å². The Morgan fingerprint density at radius 1 is 0.875 bits per heavy atom. The lowest BCUT2D eigenvalue weighted by atomic mass is 9.99. The van der Waals surface area contributed by atoms with Crippen LogP contribution in [-0.2, 0) is 11.3 Å². The zero-order chi connectivity index (χ0) is 21.5. The first-order chi connectivity index (χ1) is 15.8. The van der Waals surface area contributed by atoms with Crippen LogP contribution < -0.4 is 5.49 Å². The number of hydrogen-bond donors (Lipinski definition) is 1. The maximum absolute atomic E-state index is 9.31. The third-order valence-electron chi connectivity index (χ3n) is 6.87. The van der Waals surface area contributed by atoms with Gasteiger partial charge in [-0.3, -0.25) is 5.41 Å². The van der Waals surface area contributed by atoms with Crippen LogP contribution in [0.3, 0.4) is 0 Å². The average Bonchev–Trinajstić information content (AvgIpc) is 3.61. The van der Waals surface area contributed by atoms with Gasteiger partial charge in [0.2, 0.25) is 0 Å². The maximum atomic E-state index is 9.31. The Kier molecular flexibility index (Phi) is 4.91. The summed E-state index contributed by atoms with van der Waals surface area (Å²) in [6, 6.07) is 21.4. The van der Waals surface area contributed by atoms with Gasteiger partial charge in [-0.1, -0.05) is 60.7 Å². The van der Waals surface area contributed by atoms with Gasteiger partial charge in [0.25, 0.3) is 0 Å². The fourth-order valence-corrected chi connectivity index (χ4v) is 5.03. The van der Waals surface area contributed by atoms with Crippen molar-refractivity contribution < 1.29 is 4.74 Å². The second-order valence-electron chi connectivity index (χ2n) is 9.05. The summed E-state index contributed by atoms with van der Waals surface area (Å²) in [6.07, 6.45) is 6.31. The van der Waals surface area contributed by atoms with E-state index >= 15 is 0 Å². The van der Waals surface area contributed by atoms with Crippen molar-refractivity contribution >= 4 is 11.0 Å². The molecule has 32 heavy (non-hydrogen) atoms. The molecule has 0 atom stereocenters. The fourth-order valence-electron chi connectivity index (χ4n) is 5.03. The van der Waals surface area contributed by atoms with Gasteiger partial charge in [-0.2, -0.15) is 0 Å². The van der Waals surface area contributed by atoms with Crippen LogP contribution in [-0.4, -0.2) is 27.3 Å². The van der Waals surface area contributed by atoms with Crippen LogP contribution in [0.1, 0.15) is 31.7 Å². The second-order valence-corrected chi connectivity index (χ2v) is 9.05. The molecule has 1 saturated carbocycles. The number of nitrogens with one attached hydrogen (secondary N) is 1. The van der Waals surface area contributed by atoms with Gasteiger partial charge in [-0.05, 0) is 42.7 Å². The Morgan fingerprint density at radius 2 is 1.53 bits per heavy atom. The Balaban J connectivity index is 1.68. The summed E-state index contributed by atoms with van der Waals surface area (Å²) in [5.41, 5.74) is 6.14. The smallest absolute Gasteiger partial charge is 0.146 e. The first-order valence-corrected chi connectivity index (χ1v) is 11.7. The number of fused-ring (bicyclic) bond motifs is 1. The number of hydrogen-bond acceptors (Lipinski definition) is 3. The second kappa shape index (κ2) is 8.06. The summed E-state index contributed by atoms with van der Waals surface area (Å²) in [7, 11) is 0. The van der Waals surface area contributed by atoms with E-state index in [0.717, 1.165) is 54.8 Å². The lowest BCUT2D eigenvalue weighted by Gasteiger charge is -2.24. The van der Waals surface area contributed by atoms with E-state index in [4.69, 9.17) is 9.72 Å². The Morgan fingerprint density at radius 3 is 2.19 bits per heavy atom. The van der Waals surface area contributed by atoms with Crippen molar-refractivity contribution in [2.45, 2.75) is 38.3 Å². The van der Waals surface area contributed by atoms with Crippen molar-refractivity contribution in [3.63, 3.8) is 0 Å². The van der Waals surface area contributed by atoms with E-state index in [1.54, 1.807) is 0 Å². The van der Waals surface area contributed by atoms with Gasteiger partial charge in [-0.25, -0.2) is 4.98 Å². The van der Waals surface area contributed by atoms with E-state index in [1.807, 2.05) is 6.33 Å². The SMILES string of the molecule is N=c1c2c(-c3ccccc3)c(-c3ccccc3)n(CC3CC3)c2ncn1C1CCOCC1. The highest BCUT2D eigenvalue weighted by Gasteiger charge is 2.29. The van der Waals surface area contributed by atoms with Gasteiger partial charge in [0.15, 0.2) is 0 Å².